The molecule has 82 valence electrons. The van der Waals surface area contributed by atoms with Gasteiger partial charge in [0.05, 0.1) is 0 Å². The van der Waals surface area contributed by atoms with Crippen molar-refractivity contribution in [3.63, 3.8) is 0 Å². The maximum Gasteiger partial charge on any atom is 0.191 e. The number of hydrogen-bond donors (Lipinski definition) is 1. The molecular formula is C10H21N3S. The first kappa shape index (κ1) is 11.7. The summed E-state index contributed by atoms with van der Waals surface area (Å²) < 4.78 is 0. The molecule has 0 spiro atoms. The fourth-order valence-corrected chi connectivity index (χ4v) is 2.54. The van der Waals surface area contributed by atoms with Crippen LogP contribution in [0.15, 0.2) is 4.99 Å². The van der Waals surface area contributed by atoms with Gasteiger partial charge < -0.3 is 10.6 Å². The monoisotopic (exact) mass is 215 g/mol. The smallest absolute Gasteiger partial charge is 0.191 e. The highest BCUT2D eigenvalue weighted by molar-refractivity contribution is 7.99. The summed E-state index contributed by atoms with van der Waals surface area (Å²) >= 11 is 1.98. The second kappa shape index (κ2) is 6.17. The van der Waals surface area contributed by atoms with Crippen LogP contribution >= 0.6 is 11.8 Å². The minimum atomic E-state index is 0.731. The topological polar surface area (TPSA) is 41.6 Å². The molecule has 0 aromatic heterocycles. The van der Waals surface area contributed by atoms with E-state index < -0.39 is 0 Å². The Hall–Kier alpha value is -0.380. The molecule has 1 atom stereocenters. The standard InChI is InChI=1S/C10H21N3S/c1-3-12-10(11)13-7-4-5-9(14-2)6-8-13/h9H,3-8H2,1-2H3,(H2,11,12). The van der Waals surface area contributed by atoms with Crippen LogP contribution in [0.1, 0.15) is 26.2 Å². The Kier molecular flexibility index (Phi) is 5.15. The molecule has 0 aromatic carbocycles. The van der Waals surface area contributed by atoms with Crippen molar-refractivity contribution in [2.75, 3.05) is 25.9 Å². The van der Waals surface area contributed by atoms with E-state index in [4.69, 9.17) is 5.73 Å². The highest BCUT2D eigenvalue weighted by Gasteiger charge is 2.16. The largest absolute Gasteiger partial charge is 0.370 e. The van der Waals surface area contributed by atoms with Crippen molar-refractivity contribution in [1.29, 1.82) is 0 Å². The number of likely N-dealkylation sites (tertiary alicyclic amines) is 1. The van der Waals surface area contributed by atoms with E-state index in [2.05, 4.69) is 16.1 Å². The molecular weight excluding hydrogens is 194 g/mol. The number of rotatable bonds is 2. The maximum atomic E-state index is 5.88. The van der Waals surface area contributed by atoms with E-state index in [0.29, 0.717) is 0 Å². The van der Waals surface area contributed by atoms with Crippen LogP contribution in [0.2, 0.25) is 0 Å². The van der Waals surface area contributed by atoms with Gasteiger partial charge in [-0.1, -0.05) is 0 Å². The third-order valence-electron chi connectivity index (χ3n) is 2.65. The Bertz CT molecular complexity index is 194. The van der Waals surface area contributed by atoms with Gasteiger partial charge in [0, 0.05) is 24.9 Å². The molecule has 0 radical (unpaired) electrons. The van der Waals surface area contributed by atoms with Crippen LogP contribution in [-0.4, -0.2) is 42.0 Å². The molecule has 1 fully saturated rings. The Morgan fingerprint density at radius 3 is 2.93 bits per heavy atom. The lowest BCUT2D eigenvalue weighted by molar-refractivity contribution is 0.429. The first-order valence-electron chi connectivity index (χ1n) is 5.35. The van der Waals surface area contributed by atoms with Gasteiger partial charge in [0.15, 0.2) is 5.96 Å². The van der Waals surface area contributed by atoms with Crippen molar-refractivity contribution in [2.45, 2.75) is 31.4 Å². The molecule has 4 heteroatoms. The van der Waals surface area contributed by atoms with Crippen LogP contribution in [0.5, 0.6) is 0 Å². The van der Waals surface area contributed by atoms with Crippen molar-refractivity contribution in [3.05, 3.63) is 0 Å². The predicted octanol–water partition coefficient (Wildman–Crippen LogP) is 1.54. The molecule has 1 aliphatic rings. The molecule has 2 N–H and O–H groups in total. The Balaban J connectivity index is 2.45. The zero-order valence-corrected chi connectivity index (χ0v) is 10.0. The molecule has 0 amide bonds. The lowest BCUT2D eigenvalue weighted by Crippen LogP contribution is -2.38. The normalized spacial score (nSPS) is 24.9. The Labute approximate surface area is 91.1 Å². The van der Waals surface area contributed by atoms with Gasteiger partial charge in [-0.15, -0.1) is 0 Å². The number of aliphatic imine (C=N–C) groups is 1. The van der Waals surface area contributed by atoms with Crippen molar-refractivity contribution >= 4 is 17.7 Å². The summed E-state index contributed by atoms with van der Waals surface area (Å²) in [4.78, 5) is 6.48. The van der Waals surface area contributed by atoms with E-state index >= 15 is 0 Å². The summed E-state index contributed by atoms with van der Waals surface area (Å²) in [6.07, 6.45) is 5.99. The molecule has 1 unspecified atom stereocenters. The fourth-order valence-electron chi connectivity index (χ4n) is 1.79. The van der Waals surface area contributed by atoms with E-state index in [1.54, 1.807) is 0 Å². The SMILES string of the molecule is CCN=C(N)N1CCCC(SC)CC1. The number of nitrogens with zero attached hydrogens (tertiary/aromatic N) is 2. The molecule has 3 nitrogen and oxygen atoms in total. The lowest BCUT2D eigenvalue weighted by Gasteiger charge is -2.21. The molecule has 0 bridgehead atoms. The minimum Gasteiger partial charge on any atom is -0.370 e. The summed E-state index contributed by atoms with van der Waals surface area (Å²) in [5, 5.41) is 0.814. The molecule has 0 aromatic rings. The number of hydrogen-bond acceptors (Lipinski definition) is 2. The van der Waals surface area contributed by atoms with Crippen molar-refractivity contribution in [3.8, 4) is 0 Å². The van der Waals surface area contributed by atoms with Gasteiger partial charge in [0.25, 0.3) is 0 Å². The van der Waals surface area contributed by atoms with Gasteiger partial charge in [0.2, 0.25) is 0 Å². The Morgan fingerprint density at radius 1 is 1.50 bits per heavy atom. The highest BCUT2D eigenvalue weighted by Crippen LogP contribution is 2.20. The van der Waals surface area contributed by atoms with Gasteiger partial charge >= 0.3 is 0 Å². The molecule has 1 rings (SSSR count). The minimum absolute atomic E-state index is 0.731. The van der Waals surface area contributed by atoms with Gasteiger partial charge in [-0.3, -0.25) is 4.99 Å². The van der Waals surface area contributed by atoms with Crippen molar-refractivity contribution < 1.29 is 0 Å². The van der Waals surface area contributed by atoms with Crippen LogP contribution in [-0.2, 0) is 0 Å². The highest BCUT2D eigenvalue weighted by atomic mass is 32.2. The quantitative estimate of drug-likeness (QED) is 0.561. The molecule has 1 heterocycles. The van der Waals surface area contributed by atoms with E-state index in [-0.39, 0.29) is 0 Å². The van der Waals surface area contributed by atoms with E-state index in [1.807, 2.05) is 18.7 Å². The van der Waals surface area contributed by atoms with Gasteiger partial charge in [-0.05, 0) is 32.4 Å². The summed E-state index contributed by atoms with van der Waals surface area (Å²) in [6.45, 7) is 4.96. The Morgan fingerprint density at radius 2 is 2.29 bits per heavy atom. The molecule has 1 aliphatic heterocycles. The second-order valence-electron chi connectivity index (χ2n) is 3.61. The number of thioether (sulfide) groups is 1. The first-order chi connectivity index (χ1) is 6.77. The number of nitrogens with two attached hydrogens (primary N) is 1. The van der Waals surface area contributed by atoms with Gasteiger partial charge in [-0.2, -0.15) is 11.8 Å². The van der Waals surface area contributed by atoms with Crippen molar-refractivity contribution in [1.82, 2.24) is 4.90 Å². The van der Waals surface area contributed by atoms with Crippen LogP contribution in [0, 0.1) is 0 Å². The average Bonchev–Trinajstić information content (AvgIpc) is 2.42. The van der Waals surface area contributed by atoms with Crippen LogP contribution < -0.4 is 5.73 Å². The average molecular weight is 215 g/mol. The van der Waals surface area contributed by atoms with E-state index in [9.17, 15) is 0 Å². The van der Waals surface area contributed by atoms with Crippen molar-refractivity contribution in [2.24, 2.45) is 10.7 Å². The third kappa shape index (κ3) is 3.40. The number of guanidine groups is 1. The second-order valence-corrected chi connectivity index (χ2v) is 4.75. The zero-order chi connectivity index (χ0) is 10.4. The zero-order valence-electron chi connectivity index (χ0n) is 9.20. The molecule has 1 saturated heterocycles. The lowest BCUT2D eigenvalue weighted by atomic mass is 10.2. The fraction of sp³-hybridized carbons (Fsp3) is 0.900. The molecule has 14 heavy (non-hydrogen) atoms. The third-order valence-corrected chi connectivity index (χ3v) is 3.79. The maximum absolute atomic E-state index is 5.88. The summed E-state index contributed by atoms with van der Waals surface area (Å²) in [6, 6.07) is 0. The predicted molar refractivity (Wildman–Crippen MR) is 64.9 cm³/mol. The van der Waals surface area contributed by atoms with Gasteiger partial charge in [0.1, 0.15) is 0 Å². The summed E-state index contributed by atoms with van der Waals surface area (Å²) in [5.41, 5.74) is 5.88. The summed E-state index contributed by atoms with van der Waals surface area (Å²) in [7, 11) is 0. The van der Waals surface area contributed by atoms with Gasteiger partial charge in [-0.25, -0.2) is 0 Å². The van der Waals surface area contributed by atoms with E-state index in [1.165, 1.54) is 19.3 Å². The van der Waals surface area contributed by atoms with E-state index in [0.717, 1.165) is 30.8 Å². The molecule has 0 aliphatic carbocycles. The van der Waals surface area contributed by atoms with Crippen LogP contribution in [0.3, 0.4) is 0 Å². The molecule has 0 saturated carbocycles. The van der Waals surface area contributed by atoms with Crippen LogP contribution in [0.4, 0.5) is 0 Å². The summed E-state index contributed by atoms with van der Waals surface area (Å²) in [5.74, 6) is 0.731. The van der Waals surface area contributed by atoms with Crippen LogP contribution in [0.25, 0.3) is 0 Å². The first-order valence-corrected chi connectivity index (χ1v) is 6.64.